The second-order valence-electron chi connectivity index (χ2n) is 7.13. The summed E-state index contributed by atoms with van der Waals surface area (Å²) in [6.07, 6.45) is 2.11. The summed E-state index contributed by atoms with van der Waals surface area (Å²) in [5.41, 5.74) is 1.56. The van der Waals surface area contributed by atoms with Crippen molar-refractivity contribution in [2.24, 2.45) is 0 Å². The zero-order chi connectivity index (χ0) is 20.2. The lowest BCUT2D eigenvalue weighted by molar-refractivity contribution is -0.131. The molecule has 0 radical (unpaired) electrons. The Balaban J connectivity index is 1.34. The van der Waals surface area contributed by atoms with E-state index in [-0.39, 0.29) is 17.7 Å². The lowest BCUT2D eigenvalue weighted by atomic mass is 9.96. The number of nitrogens with one attached hydrogen (secondary N) is 1. The predicted octanol–water partition coefficient (Wildman–Crippen LogP) is 3.71. The van der Waals surface area contributed by atoms with Gasteiger partial charge in [-0.2, -0.15) is 4.98 Å². The van der Waals surface area contributed by atoms with Gasteiger partial charge in [0.25, 0.3) is 0 Å². The number of benzene rings is 1. The maximum absolute atomic E-state index is 12.4. The summed E-state index contributed by atoms with van der Waals surface area (Å²) in [6, 6.07) is 11.3. The maximum atomic E-state index is 12.4. The molecular formula is C21H22N4O3S. The van der Waals surface area contributed by atoms with Gasteiger partial charge < -0.3 is 14.7 Å². The zero-order valence-corrected chi connectivity index (χ0v) is 16.9. The third-order valence-electron chi connectivity index (χ3n) is 5.01. The zero-order valence-electron chi connectivity index (χ0n) is 16.1. The van der Waals surface area contributed by atoms with Gasteiger partial charge in [-0.25, -0.2) is 0 Å². The van der Waals surface area contributed by atoms with Crippen LogP contribution < -0.4 is 5.32 Å². The average Bonchev–Trinajstić information content (AvgIpc) is 3.40. The topological polar surface area (TPSA) is 88.3 Å². The molecule has 29 heavy (non-hydrogen) atoms. The van der Waals surface area contributed by atoms with Gasteiger partial charge in [-0.05, 0) is 48.6 Å². The summed E-state index contributed by atoms with van der Waals surface area (Å²) >= 11 is 1.62. The molecule has 150 valence electrons. The van der Waals surface area contributed by atoms with Crippen LogP contribution in [0.15, 0.2) is 46.3 Å². The summed E-state index contributed by atoms with van der Waals surface area (Å²) < 4.78 is 5.50. The van der Waals surface area contributed by atoms with Crippen LogP contribution in [0, 0.1) is 0 Å². The number of amides is 2. The van der Waals surface area contributed by atoms with Crippen molar-refractivity contribution in [3.8, 4) is 11.4 Å². The Bertz CT molecular complexity index is 974. The van der Waals surface area contributed by atoms with E-state index >= 15 is 0 Å². The first-order chi connectivity index (χ1) is 14.1. The quantitative estimate of drug-likeness (QED) is 0.693. The van der Waals surface area contributed by atoms with Crippen molar-refractivity contribution in [2.75, 3.05) is 18.4 Å². The summed E-state index contributed by atoms with van der Waals surface area (Å²) in [4.78, 5) is 31.1. The molecule has 1 saturated heterocycles. The van der Waals surface area contributed by atoms with Crippen molar-refractivity contribution in [3.63, 3.8) is 0 Å². The fourth-order valence-electron chi connectivity index (χ4n) is 3.47. The summed E-state index contributed by atoms with van der Waals surface area (Å²) in [6.45, 7) is 2.89. The van der Waals surface area contributed by atoms with Crippen molar-refractivity contribution >= 4 is 28.8 Å². The Morgan fingerprint density at radius 3 is 2.62 bits per heavy atom. The smallest absolute Gasteiger partial charge is 0.230 e. The minimum atomic E-state index is -0.111. The number of hydrogen-bond acceptors (Lipinski definition) is 6. The summed E-state index contributed by atoms with van der Waals surface area (Å²) in [5.74, 6) is 1.39. The second kappa shape index (κ2) is 8.57. The number of hydrogen-bond donors (Lipinski definition) is 1. The number of thiophene rings is 1. The highest BCUT2D eigenvalue weighted by atomic mass is 32.1. The van der Waals surface area contributed by atoms with Gasteiger partial charge in [-0.15, -0.1) is 11.3 Å². The number of aromatic nitrogens is 2. The van der Waals surface area contributed by atoms with E-state index in [1.165, 1.54) is 6.92 Å². The highest BCUT2D eigenvalue weighted by Crippen LogP contribution is 2.29. The SMILES string of the molecule is CC(=O)Nc1ccc(-c2noc(C3CCN(C(=O)Cc4cccs4)CC3)n2)cc1. The highest BCUT2D eigenvalue weighted by Gasteiger charge is 2.27. The Morgan fingerprint density at radius 1 is 1.21 bits per heavy atom. The molecule has 3 heterocycles. The number of likely N-dealkylation sites (tertiary alicyclic amines) is 1. The van der Waals surface area contributed by atoms with Gasteiger partial charge in [0.15, 0.2) is 0 Å². The van der Waals surface area contributed by atoms with Gasteiger partial charge >= 0.3 is 0 Å². The highest BCUT2D eigenvalue weighted by molar-refractivity contribution is 7.10. The first-order valence-electron chi connectivity index (χ1n) is 9.60. The van der Waals surface area contributed by atoms with Crippen LogP contribution in [0.3, 0.4) is 0 Å². The maximum Gasteiger partial charge on any atom is 0.230 e. The summed E-state index contributed by atoms with van der Waals surface area (Å²) in [7, 11) is 0. The molecule has 0 unspecified atom stereocenters. The van der Waals surface area contributed by atoms with Gasteiger partial charge in [0.1, 0.15) is 0 Å². The molecule has 3 aromatic rings. The van der Waals surface area contributed by atoms with Crippen molar-refractivity contribution in [2.45, 2.75) is 32.1 Å². The number of rotatable bonds is 5. The number of carbonyl (C=O) groups excluding carboxylic acids is 2. The van der Waals surface area contributed by atoms with Crippen LogP contribution in [0.25, 0.3) is 11.4 Å². The van der Waals surface area contributed by atoms with Crippen molar-refractivity contribution in [1.82, 2.24) is 15.0 Å². The van der Waals surface area contributed by atoms with E-state index in [4.69, 9.17) is 4.52 Å². The van der Waals surface area contributed by atoms with E-state index in [0.29, 0.717) is 31.2 Å². The molecule has 2 aromatic heterocycles. The van der Waals surface area contributed by atoms with Gasteiger partial charge in [0.2, 0.25) is 23.5 Å². The normalized spacial score (nSPS) is 14.7. The third kappa shape index (κ3) is 4.71. The number of anilines is 1. The lowest BCUT2D eigenvalue weighted by Gasteiger charge is -2.30. The predicted molar refractivity (Wildman–Crippen MR) is 111 cm³/mol. The van der Waals surface area contributed by atoms with E-state index in [2.05, 4.69) is 15.5 Å². The largest absolute Gasteiger partial charge is 0.342 e. The van der Waals surface area contributed by atoms with Gasteiger partial charge in [-0.1, -0.05) is 11.2 Å². The molecule has 1 aromatic carbocycles. The molecule has 0 saturated carbocycles. The van der Waals surface area contributed by atoms with E-state index in [1.807, 2.05) is 46.7 Å². The molecule has 4 rings (SSSR count). The van der Waals surface area contributed by atoms with Gasteiger partial charge in [0, 0.05) is 42.1 Å². The van der Waals surface area contributed by atoms with E-state index in [9.17, 15) is 9.59 Å². The molecule has 1 aliphatic rings. The number of nitrogens with zero attached hydrogens (tertiary/aromatic N) is 3. The summed E-state index contributed by atoms with van der Waals surface area (Å²) in [5, 5.41) is 8.83. The molecule has 1 N–H and O–H groups in total. The van der Waals surface area contributed by atoms with E-state index < -0.39 is 0 Å². The molecule has 0 atom stereocenters. The lowest BCUT2D eigenvalue weighted by Crippen LogP contribution is -2.38. The van der Waals surface area contributed by atoms with Crippen LogP contribution in [0.2, 0.25) is 0 Å². The monoisotopic (exact) mass is 410 g/mol. The van der Waals surface area contributed by atoms with Gasteiger partial charge in [0.05, 0.1) is 6.42 Å². The van der Waals surface area contributed by atoms with Gasteiger partial charge in [-0.3, -0.25) is 9.59 Å². The Morgan fingerprint density at radius 2 is 1.97 bits per heavy atom. The van der Waals surface area contributed by atoms with Crippen LogP contribution in [-0.2, 0) is 16.0 Å². The van der Waals surface area contributed by atoms with Crippen molar-refractivity contribution in [3.05, 3.63) is 52.5 Å². The first-order valence-corrected chi connectivity index (χ1v) is 10.5. The number of piperidine rings is 1. The Labute approximate surface area is 172 Å². The Kier molecular flexibility index (Phi) is 5.71. The third-order valence-corrected chi connectivity index (χ3v) is 5.88. The fraction of sp³-hybridized carbons (Fsp3) is 0.333. The van der Waals surface area contributed by atoms with Crippen molar-refractivity contribution in [1.29, 1.82) is 0 Å². The van der Waals surface area contributed by atoms with Crippen LogP contribution >= 0.6 is 11.3 Å². The van der Waals surface area contributed by atoms with Crippen LogP contribution in [0.1, 0.15) is 36.5 Å². The standard InChI is InChI=1S/C21H22N4O3S/c1-14(26)22-17-6-4-15(5-7-17)20-23-21(28-24-20)16-8-10-25(11-9-16)19(27)13-18-3-2-12-29-18/h2-7,12,16H,8-11,13H2,1H3,(H,22,26). The van der Waals surface area contributed by atoms with E-state index in [1.54, 1.807) is 11.3 Å². The fourth-order valence-corrected chi connectivity index (χ4v) is 4.17. The molecule has 2 amide bonds. The average molecular weight is 410 g/mol. The molecular weight excluding hydrogens is 388 g/mol. The number of carbonyl (C=O) groups is 2. The van der Waals surface area contributed by atoms with Crippen LogP contribution in [0.4, 0.5) is 5.69 Å². The molecule has 1 aliphatic heterocycles. The van der Waals surface area contributed by atoms with Crippen molar-refractivity contribution < 1.29 is 14.1 Å². The Hall–Kier alpha value is -3.00. The molecule has 8 heteroatoms. The minimum absolute atomic E-state index is 0.111. The second-order valence-corrected chi connectivity index (χ2v) is 8.16. The molecule has 1 fully saturated rings. The molecule has 0 aliphatic carbocycles. The molecule has 7 nitrogen and oxygen atoms in total. The van der Waals surface area contributed by atoms with Crippen LogP contribution in [0.5, 0.6) is 0 Å². The molecule has 0 bridgehead atoms. The van der Waals surface area contributed by atoms with E-state index in [0.717, 1.165) is 29.0 Å². The molecule has 0 spiro atoms. The minimum Gasteiger partial charge on any atom is -0.342 e. The van der Waals surface area contributed by atoms with Crippen LogP contribution in [-0.4, -0.2) is 39.9 Å². The first kappa shape index (κ1) is 19.3.